The average molecular weight is 789 g/mol. The summed E-state index contributed by atoms with van der Waals surface area (Å²) < 4.78 is 6.40. The van der Waals surface area contributed by atoms with Crippen LogP contribution in [0, 0.1) is 0 Å². The smallest absolute Gasteiger partial charge is 0.160 e. The lowest BCUT2D eigenvalue weighted by molar-refractivity contribution is 0.669. The lowest BCUT2D eigenvalue weighted by atomic mass is 9.66. The van der Waals surface area contributed by atoms with Crippen LogP contribution >= 0.6 is 0 Å². The molecule has 1 spiro atoms. The molecule has 3 heteroatoms. The molecule has 0 radical (unpaired) electrons. The molecule has 13 rings (SSSR count). The normalized spacial score (nSPS) is 13.0. The highest BCUT2D eigenvalue weighted by atomic mass is 16.3. The van der Waals surface area contributed by atoms with Crippen LogP contribution < -0.4 is 0 Å². The molecule has 0 bridgehead atoms. The zero-order chi connectivity index (χ0) is 40.8. The highest BCUT2D eigenvalue weighted by Crippen LogP contribution is 2.61. The van der Waals surface area contributed by atoms with Gasteiger partial charge in [0.2, 0.25) is 0 Å². The third-order valence-corrected chi connectivity index (χ3v) is 13.2. The molecule has 2 aromatic heterocycles. The van der Waals surface area contributed by atoms with Crippen molar-refractivity contribution >= 4 is 21.9 Å². The first-order valence-electron chi connectivity index (χ1n) is 21.2. The van der Waals surface area contributed by atoms with E-state index in [1.807, 2.05) is 18.2 Å². The second kappa shape index (κ2) is 13.4. The van der Waals surface area contributed by atoms with Crippen LogP contribution in [0.15, 0.2) is 223 Å². The molecule has 0 aliphatic heterocycles. The van der Waals surface area contributed by atoms with Gasteiger partial charge in [0.15, 0.2) is 5.82 Å². The van der Waals surface area contributed by atoms with Gasteiger partial charge in [-0.3, -0.25) is 0 Å². The van der Waals surface area contributed by atoms with Crippen molar-refractivity contribution in [2.24, 2.45) is 0 Å². The Labute approximate surface area is 359 Å². The van der Waals surface area contributed by atoms with Gasteiger partial charge in [-0.1, -0.05) is 194 Å². The summed E-state index contributed by atoms with van der Waals surface area (Å²) in [5.74, 6) is 0.667. The third-order valence-electron chi connectivity index (χ3n) is 13.2. The fraction of sp³-hybridized carbons (Fsp3) is 0.0169. The molecule has 0 saturated carbocycles. The fourth-order valence-corrected chi connectivity index (χ4v) is 10.6. The summed E-state index contributed by atoms with van der Waals surface area (Å²) in [6.07, 6.45) is 0. The number of aromatic nitrogens is 2. The molecular formula is C59H36N2O. The number of nitrogens with zero attached hydrogens (tertiary/aromatic N) is 2. The van der Waals surface area contributed by atoms with Crippen LogP contribution in [0.4, 0.5) is 0 Å². The Hall–Kier alpha value is -8.14. The zero-order valence-corrected chi connectivity index (χ0v) is 33.6. The number of rotatable bonds is 4. The van der Waals surface area contributed by atoms with Crippen LogP contribution in [0.3, 0.4) is 0 Å². The molecule has 0 atom stereocenters. The summed E-state index contributed by atoms with van der Waals surface area (Å²) in [7, 11) is 0. The monoisotopic (exact) mass is 788 g/mol. The number of benzene rings is 9. The standard InChI is InChI=1S/C59H36N2O/c1-2-17-37(18-3-1)39-19-4-7-25-45(39)53-36-54(46-27-16-32-56-57(46)47-26-11-15-31-55(47)62-56)61-58(60-53)38-33-34-52-48(35-38)44-24-10-14-30-51(44)59(52)49-28-12-8-22-42(49)40-20-5-6-21-41(40)43-23-9-13-29-50(43)59/h1-36H. The van der Waals surface area contributed by atoms with Crippen molar-refractivity contribution in [2.45, 2.75) is 5.41 Å². The van der Waals surface area contributed by atoms with Crippen LogP contribution in [0.2, 0.25) is 0 Å². The molecule has 0 unspecified atom stereocenters. The number of hydrogen-bond acceptors (Lipinski definition) is 3. The minimum Gasteiger partial charge on any atom is -0.456 e. The Morgan fingerprint density at radius 1 is 0.306 bits per heavy atom. The van der Waals surface area contributed by atoms with Crippen molar-refractivity contribution in [3.05, 3.63) is 241 Å². The van der Waals surface area contributed by atoms with E-state index >= 15 is 0 Å². The highest BCUT2D eigenvalue weighted by Gasteiger charge is 2.49. The van der Waals surface area contributed by atoms with Gasteiger partial charge in [0.05, 0.1) is 16.8 Å². The van der Waals surface area contributed by atoms with Gasteiger partial charge in [-0.15, -0.1) is 0 Å². The Morgan fingerprint density at radius 2 is 0.790 bits per heavy atom. The fourth-order valence-electron chi connectivity index (χ4n) is 10.6. The number of hydrogen-bond donors (Lipinski definition) is 0. The summed E-state index contributed by atoms with van der Waals surface area (Å²) >= 11 is 0. The molecule has 62 heavy (non-hydrogen) atoms. The number of fused-ring (bicyclic) bond motifs is 15. The maximum absolute atomic E-state index is 6.40. The van der Waals surface area contributed by atoms with Gasteiger partial charge in [-0.25, -0.2) is 9.97 Å². The minimum atomic E-state index is -0.558. The molecule has 11 aromatic rings. The number of para-hydroxylation sites is 1. The van der Waals surface area contributed by atoms with Crippen LogP contribution in [0.5, 0.6) is 0 Å². The van der Waals surface area contributed by atoms with E-state index in [-0.39, 0.29) is 0 Å². The lowest BCUT2D eigenvalue weighted by Gasteiger charge is -2.35. The zero-order valence-electron chi connectivity index (χ0n) is 33.6. The van der Waals surface area contributed by atoms with E-state index in [0.29, 0.717) is 5.82 Å². The molecular weight excluding hydrogens is 753 g/mol. The second-order valence-corrected chi connectivity index (χ2v) is 16.3. The molecule has 2 heterocycles. The predicted octanol–water partition coefficient (Wildman–Crippen LogP) is 15.1. The molecule has 3 nitrogen and oxygen atoms in total. The second-order valence-electron chi connectivity index (χ2n) is 16.3. The largest absolute Gasteiger partial charge is 0.456 e. The van der Waals surface area contributed by atoms with Gasteiger partial charge in [-0.05, 0) is 91.0 Å². The predicted molar refractivity (Wildman–Crippen MR) is 253 cm³/mol. The lowest BCUT2D eigenvalue weighted by Crippen LogP contribution is -2.29. The summed E-state index contributed by atoms with van der Waals surface area (Å²) in [6, 6.07) is 78.6. The van der Waals surface area contributed by atoms with Crippen molar-refractivity contribution in [1.29, 1.82) is 0 Å². The van der Waals surface area contributed by atoms with Crippen molar-refractivity contribution < 1.29 is 4.42 Å². The van der Waals surface area contributed by atoms with E-state index in [4.69, 9.17) is 14.4 Å². The first-order valence-corrected chi connectivity index (χ1v) is 21.2. The van der Waals surface area contributed by atoms with Gasteiger partial charge in [0.1, 0.15) is 11.2 Å². The SMILES string of the molecule is c1ccc(-c2ccccc2-c2cc(-c3cccc4oc5ccccc5c34)nc(-c3ccc4c(c3)-c3ccccc3C43c4ccccc4-c4ccccc4-c4ccccc43)n2)cc1. The van der Waals surface area contributed by atoms with Crippen LogP contribution in [0.25, 0.3) is 100 Å². The maximum atomic E-state index is 6.40. The van der Waals surface area contributed by atoms with Gasteiger partial charge < -0.3 is 4.42 Å². The Kier molecular flexibility index (Phi) is 7.52. The molecule has 0 N–H and O–H groups in total. The highest BCUT2D eigenvalue weighted by molar-refractivity contribution is 6.12. The molecule has 0 saturated heterocycles. The topological polar surface area (TPSA) is 38.9 Å². The Balaban J connectivity index is 1.08. The van der Waals surface area contributed by atoms with Crippen molar-refractivity contribution in [2.75, 3.05) is 0 Å². The summed E-state index contributed by atoms with van der Waals surface area (Å²) in [5, 5.41) is 2.11. The van der Waals surface area contributed by atoms with E-state index in [2.05, 4.69) is 200 Å². The van der Waals surface area contributed by atoms with E-state index in [0.717, 1.165) is 61.1 Å². The van der Waals surface area contributed by atoms with Gasteiger partial charge >= 0.3 is 0 Å². The van der Waals surface area contributed by atoms with Crippen molar-refractivity contribution in [1.82, 2.24) is 9.97 Å². The van der Waals surface area contributed by atoms with E-state index in [9.17, 15) is 0 Å². The molecule has 288 valence electrons. The van der Waals surface area contributed by atoms with Crippen LogP contribution in [-0.4, -0.2) is 9.97 Å². The summed E-state index contributed by atoms with van der Waals surface area (Å²) in [6.45, 7) is 0. The van der Waals surface area contributed by atoms with E-state index < -0.39 is 5.41 Å². The average Bonchev–Trinajstić information content (AvgIpc) is 3.84. The van der Waals surface area contributed by atoms with E-state index in [1.165, 1.54) is 55.6 Å². The van der Waals surface area contributed by atoms with Gasteiger partial charge in [0.25, 0.3) is 0 Å². The first kappa shape index (κ1) is 34.7. The van der Waals surface area contributed by atoms with Gasteiger partial charge in [-0.2, -0.15) is 0 Å². The van der Waals surface area contributed by atoms with Gasteiger partial charge in [0, 0.05) is 27.5 Å². The van der Waals surface area contributed by atoms with Crippen molar-refractivity contribution in [3.8, 4) is 78.4 Å². The maximum Gasteiger partial charge on any atom is 0.160 e. The van der Waals surface area contributed by atoms with Crippen LogP contribution in [0.1, 0.15) is 22.3 Å². The van der Waals surface area contributed by atoms with Crippen molar-refractivity contribution in [3.63, 3.8) is 0 Å². The minimum absolute atomic E-state index is 0.558. The first-order chi connectivity index (χ1) is 30.8. The summed E-state index contributed by atoms with van der Waals surface area (Å²) in [4.78, 5) is 11.0. The molecule has 2 aliphatic rings. The van der Waals surface area contributed by atoms with E-state index in [1.54, 1.807) is 0 Å². The quantitative estimate of drug-likeness (QED) is 0.178. The molecule has 9 aromatic carbocycles. The Bertz CT molecular complexity index is 3530. The third kappa shape index (κ3) is 4.94. The molecule has 2 aliphatic carbocycles. The Morgan fingerprint density at radius 3 is 1.47 bits per heavy atom. The summed E-state index contributed by atoms with van der Waals surface area (Å²) in [5.41, 5.74) is 20.6. The molecule has 0 fully saturated rings. The van der Waals surface area contributed by atoms with Crippen LogP contribution in [-0.2, 0) is 5.41 Å². The number of furan rings is 1. The molecule has 0 amide bonds.